The number of hydrogen-bond acceptors (Lipinski definition) is 6. The van der Waals surface area contributed by atoms with Crippen LogP contribution in [0.2, 0.25) is 0 Å². The minimum atomic E-state index is -4.76. The van der Waals surface area contributed by atoms with E-state index in [4.69, 9.17) is 4.74 Å². The lowest BCUT2D eigenvalue weighted by atomic mass is 10.1. The highest BCUT2D eigenvalue weighted by Crippen LogP contribution is 2.36. The first kappa shape index (κ1) is 25.3. The average molecular weight is 513 g/mol. The number of anilines is 1. The molecule has 1 aliphatic carbocycles. The van der Waals surface area contributed by atoms with Crippen LogP contribution in [0.3, 0.4) is 0 Å². The molecular weight excluding hydrogens is 485 g/mol. The maximum Gasteiger partial charge on any atom is 0.573 e. The lowest BCUT2D eigenvalue weighted by molar-refractivity contribution is -0.274. The molecule has 0 spiro atoms. The van der Waals surface area contributed by atoms with E-state index in [9.17, 15) is 26.4 Å². The largest absolute Gasteiger partial charge is 0.573 e. The second-order valence-electron chi connectivity index (χ2n) is 9.00. The number of carbonyl (C=O) groups excluding carboxylic acids is 1. The zero-order valence-corrected chi connectivity index (χ0v) is 20.4. The summed E-state index contributed by atoms with van der Waals surface area (Å²) in [5.74, 6) is -1.07. The molecule has 0 saturated carbocycles. The monoisotopic (exact) mass is 512 g/mol. The molecule has 1 fully saturated rings. The maximum atomic E-state index is 13.8. The van der Waals surface area contributed by atoms with E-state index in [1.54, 1.807) is 12.1 Å². The van der Waals surface area contributed by atoms with E-state index in [1.165, 1.54) is 35.7 Å². The van der Waals surface area contributed by atoms with Crippen molar-refractivity contribution in [3.05, 3.63) is 53.6 Å². The van der Waals surface area contributed by atoms with Gasteiger partial charge in [-0.05, 0) is 68.1 Å². The van der Waals surface area contributed by atoms with Gasteiger partial charge in [-0.2, -0.15) is 4.31 Å². The molecule has 2 aromatic rings. The zero-order chi connectivity index (χ0) is 25.5. The number of hydrogen-bond donors (Lipinski definition) is 0. The fraction of sp³-hybridized carbons (Fsp3) is 0.458. The number of ether oxygens (including phenoxy) is 2. The topological polar surface area (TPSA) is 76.2 Å². The van der Waals surface area contributed by atoms with Gasteiger partial charge in [-0.25, -0.2) is 8.42 Å². The summed E-state index contributed by atoms with van der Waals surface area (Å²) in [4.78, 5) is 14.2. The van der Waals surface area contributed by atoms with Gasteiger partial charge in [-0.1, -0.05) is 12.1 Å². The molecule has 1 aliphatic heterocycles. The van der Waals surface area contributed by atoms with Gasteiger partial charge in [0.05, 0.1) is 17.9 Å². The van der Waals surface area contributed by atoms with Crippen LogP contribution in [0.5, 0.6) is 5.75 Å². The normalized spacial score (nSPS) is 23.1. The molecule has 2 aliphatic rings. The number of nitrogens with zero attached hydrogens (tertiary/aromatic N) is 2. The summed E-state index contributed by atoms with van der Waals surface area (Å²) in [6.45, 7) is 4.34. The second kappa shape index (κ2) is 9.34. The first-order valence-corrected chi connectivity index (χ1v) is 12.7. The maximum absolute atomic E-state index is 13.8. The number of methoxy groups -OCH3 is 1. The van der Waals surface area contributed by atoms with Crippen molar-refractivity contribution >= 4 is 21.7 Å². The Hall–Kier alpha value is -2.79. The van der Waals surface area contributed by atoms with Crippen molar-refractivity contribution in [2.75, 3.05) is 25.1 Å². The van der Waals surface area contributed by atoms with Gasteiger partial charge in [-0.3, -0.25) is 4.79 Å². The van der Waals surface area contributed by atoms with Gasteiger partial charge in [0.15, 0.2) is 0 Å². The Morgan fingerprint density at radius 1 is 1.00 bits per heavy atom. The number of alkyl halides is 3. The standard InChI is InChI=1S/C24H27F3N2O5S/c1-15-13-28(19-7-9-20(10-8-19)34-24(25,26)27)14-16(2)29(15)35(31,32)22-6-4-5-17-11-18(12-21(17)22)23(30)33-3/h4-10,15-16,18H,11-14H2,1-3H3. The Balaban J connectivity index is 1.54. The van der Waals surface area contributed by atoms with E-state index >= 15 is 0 Å². The summed E-state index contributed by atoms with van der Waals surface area (Å²) in [5.41, 5.74) is 2.17. The van der Waals surface area contributed by atoms with Crippen molar-refractivity contribution < 1.29 is 35.9 Å². The van der Waals surface area contributed by atoms with E-state index in [-0.39, 0.29) is 16.6 Å². The first-order valence-electron chi connectivity index (χ1n) is 11.2. The van der Waals surface area contributed by atoms with Gasteiger partial charge in [0.2, 0.25) is 10.0 Å². The van der Waals surface area contributed by atoms with Crippen molar-refractivity contribution in [2.45, 2.75) is 50.0 Å². The number of fused-ring (bicyclic) bond motifs is 1. The van der Waals surface area contributed by atoms with Crippen molar-refractivity contribution in [1.29, 1.82) is 0 Å². The number of halogens is 3. The first-order chi connectivity index (χ1) is 16.4. The average Bonchev–Trinajstić information content (AvgIpc) is 3.21. The van der Waals surface area contributed by atoms with Crippen molar-refractivity contribution in [3.8, 4) is 5.75 Å². The fourth-order valence-electron chi connectivity index (χ4n) is 5.16. The van der Waals surface area contributed by atoms with Crippen LogP contribution >= 0.6 is 0 Å². The molecule has 3 unspecified atom stereocenters. The summed E-state index contributed by atoms with van der Waals surface area (Å²) in [5, 5.41) is 0. The molecule has 0 aromatic heterocycles. The highest BCUT2D eigenvalue weighted by atomic mass is 32.2. The summed E-state index contributed by atoms with van der Waals surface area (Å²) in [6.07, 6.45) is -4.01. The minimum Gasteiger partial charge on any atom is -0.469 e. The van der Waals surface area contributed by atoms with Crippen molar-refractivity contribution in [1.82, 2.24) is 4.31 Å². The number of benzene rings is 2. The molecule has 7 nitrogen and oxygen atoms in total. The molecular formula is C24H27F3N2O5S. The smallest absolute Gasteiger partial charge is 0.469 e. The minimum absolute atomic E-state index is 0.210. The Bertz CT molecular complexity index is 1190. The van der Waals surface area contributed by atoms with E-state index in [1.807, 2.05) is 24.8 Å². The number of carbonyl (C=O) groups is 1. The molecule has 1 heterocycles. The molecule has 11 heteroatoms. The number of piperazine rings is 1. The predicted molar refractivity (Wildman–Crippen MR) is 123 cm³/mol. The van der Waals surface area contributed by atoms with Gasteiger partial charge in [-0.15, -0.1) is 13.2 Å². The Morgan fingerprint density at radius 3 is 2.20 bits per heavy atom. The van der Waals surface area contributed by atoms with Crippen LogP contribution in [0.15, 0.2) is 47.4 Å². The third-order valence-corrected chi connectivity index (χ3v) is 8.72. The Kier molecular flexibility index (Phi) is 6.76. The van der Waals surface area contributed by atoms with Gasteiger partial charge < -0.3 is 14.4 Å². The van der Waals surface area contributed by atoms with Gasteiger partial charge >= 0.3 is 12.3 Å². The van der Waals surface area contributed by atoms with E-state index in [2.05, 4.69) is 4.74 Å². The molecule has 2 aromatic carbocycles. The second-order valence-corrected chi connectivity index (χ2v) is 10.8. The van der Waals surface area contributed by atoms with E-state index in [0.29, 0.717) is 37.2 Å². The predicted octanol–water partition coefficient (Wildman–Crippen LogP) is 3.76. The molecule has 4 rings (SSSR count). The van der Waals surface area contributed by atoms with Crippen molar-refractivity contribution in [3.63, 3.8) is 0 Å². The van der Waals surface area contributed by atoms with Crippen LogP contribution in [0, 0.1) is 5.92 Å². The Morgan fingerprint density at radius 2 is 1.63 bits per heavy atom. The third-order valence-electron chi connectivity index (χ3n) is 6.51. The number of rotatable bonds is 5. The molecule has 0 radical (unpaired) electrons. The lowest BCUT2D eigenvalue weighted by Crippen LogP contribution is -2.58. The van der Waals surface area contributed by atoms with Gasteiger partial charge in [0, 0.05) is 30.9 Å². The van der Waals surface area contributed by atoms with Crippen molar-refractivity contribution in [2.24, 2.45) is 5.92 Å². The quantitative estimate of drug-likeness (QED) is 0.568. The zero-order valence-electron chi connectivity index (χ0n) is 19.6. The van der Waals surface area contributed by atoms with Gasteiger partial charge in [0.1, 0.15) is 5.75 Å². The third kappa shape index (κ3) is 5.11. The highest BCUT2D eigenvalue weighted by molar-refractivity contribution is 7.89. The number of esters is 1. The summed E-state index contributed by atoms with van der Waals surface area (Å²) >= 11 is 0. The van der Waals surface area contributed by atoms with Crippen LogP contribution in [0.1, 0.15) is 25.0 Å². The van der Waals surface area contributed by atoms with E-state index in [0.717, 1.165) is 5.56 Å². The molecule has 35 heavy (non-hydrogen) atoms. The molecule has 0 amide bonds. The molecule has 3 atom stereocenters. The summed E-state index contributed by atoms with van der Waals surface area (Å²) in [7, 11) is -2.54. The van der Waals surface area contributed by atoms with Crippen LogP contribution in [0.25, 0.3) is 0 Å². The van der Waals surface area contributed by atoms with Crippen LogP contribution in [-0.4, -0.2) is 57.3 Å². The molecule has 190 valence electrons. The highest BCUT2D eigenvalue weighted by Gasteiger charge is 2.41. The van der Waals surface area contributed by atoms with E-state index < -0.39 is 34.4 Å². The molecule has 1 saturated heterocycles. The van der Waals surface area contributed by atoms with Gasteiger partial charge in [0.25, 0.3) is 0 Å². The van der Waals surface area contributed by atoms with Crippen LogP contribution < -0.4 is 9.64 Å². The van der Waals surface area contributed by atoms with Crippen LogP contribution in [-0.2, 0) is 32.4 Å². The van der Waals surface area contributed by atoms with Crippen LogP contribution in [0.4, 0.5) is 18.9 Å². The molecule has 0 N–H and O–H groups in total. The summed E-state index contributed by atoms with van der Waals surface area (Å²) < 4.78 is 75.2. The molecule has 0 bridgehead atoms. The summed E-state index contributed by atoms with van der Waals surface area (Å²) in [6, 6.07) is 9.86. The lowest BCUT2D eigenvalue weighted by Gasteiger charge is -2.44. The number of sulfonamides is 1. The SMILES string of the molecule is COC(=O)C1Cc2cccc(S(=O)(=O)N3C(C)CN(c4ccc(OC(F)(F)F)cc4)CC3C)c2C1. The Labute approximate surface area is 202 Å². The fourth-order valence-corrected chi connectivity index (χ4v) is 7.24.